The van der Waals surface area contributed by atoms with Crippen LogP contribution in [0.4, 0.5) is 0 Å². The smallest absolute Gasteiger partial charge is 0.00281 e. The van der Waals surface area contributed by atoms with E-state index < -0.39 is 0 Å². The van der Waals surface area contributed by atoms with Crippen molar-refractivity contribution < 1.29 is 0 Å². The third-order valence-electron chi connectivity index (χ3n) is 2.47. The van der Waals surface area contributed by atoms with Gasteiger partial charge in [0.25, 0.3) is 0 Å². The lowest BCUT2D eigenvalue weighted by atomic mass is 10.1. The lowest BCUT2D eigenvalue weighted by Gasteiger charge is -2.01. The molecule has 0 spiro atoms. The average molecular weight is 218 g/mol. The van der Waals surface area contributed by atoms with Crippen molar-refractivity contribution in [3.63, 3.8) is 0 Å². The molecule has 1 rings (SSSR count). The van der Waals surface area contributed by atoms with Crippen molar-refractivity contribution in [3.05, 3.63) is 41.5 Å². The van der Waals surface area contributed by atoms with Crippen LogP contribution in [0.15, 0.2) is 30.3 Å². The topological polar surface area (TPSA) is 0 Å². The molecule has 0 aliphatic rings. The molecule has 0 N–H and O–H groups in total. The van der Waals surface area contributed by atoms with E-state index in [1.54, 1.807) is 0 Å². The second kappa shape index (κ2) is 6.62. The van der Waals surface area contributed by atoms with Crippen LogP contribution in [0.1, 0.15) is 31.4 Å². The molecule has 0 aliphatic heterocycles. The van der Waals surface area contributed by atoms with Gasteiger partial charge in [-0.15, -0.1) is 0 Å². The molecule has 0 atom stereocenters. The first kappa shape index (κ1) is 12.2. The Kier molecular flexibility index (Phi) is 5.41. The quantitative estimate of drug-likeness (QED) is 0.666. The minimum Gasteiger partial charge on any atom is -0.0814 e. The summed E-state index contributed by atoms with van der Waals surface area (Å²) in [5, 5.41) is 0. The first-order valence-corrected chi connectivity index (χ1v) is 7.41. The summed E-state index contributed by atoms with van der Waals surface area (Å²) in [6.07, 6.45) is 7.05. The molecule has 82 valence electrons. The maximum Gasteiger partial charge on any atom is 0.00281 e. The maximum atomic E-state index is 2.26. The van der Waals surface area contributed by atoms with Crippen LogP contribution in [-0.2, 0) is 6.42 Å². The van der Waals surface area contributed by atoms with Gasteiger partial charge in [-0.3, -0.25) is 0 Å². The molecular weight excluding hydrogens is 196 g/mol. The molecule has 0 bridgehead atoms. The maximum absolute atomic E-state index is 2.26. The molecule has 0 amide bonds. The highest BCUT2D eigenvalue weighted by Gasteiger charge is 1.92. The van der Waals surface area contributed by atoms with Crippen LogP contribution in [0.3, 0.4) is 0 Å². The standard InChI is InChI=1S/C14H22Si/c1-12(2)5-6-14-9-7-13(8-10-14)4-3-11-15/h5-10,12H,3-4,11H2,1-2,15H3/b6-5+. The zero-order chi connectivity index (χ0) is 11.1. The molecule has 0 aliphatic carbocycles. The Hall–Kier alpha value is -0.823. The number of benzene rings is 1. The fourth-order valence-corrected chi connectivity index (χ4v) is 1.83. The van der Waals surface area contributed by atoms with Gasteiger partial charge in [0.2, 0.25) is 0 Å². The number of hydrogen-bond acceptors (Lipinski definition) is 0. The van der Waals surface area contributed by atoms with Crippen LogP contribution < -0.4 is 0 Å². The minimum atomic E-state index is 0.634. The van der Waals surface area contributed by atoms with Gasteiger partial charge in [0, 0.05) is 10.2 Å². The predicted molar refractivity (Wildman–Crippen MR) is 73.4 cm³/mol. The van der Waals surface area contributed by atoms with E-state index >= 15 is 0 Å². The van der Waals surface area contributed by atoms with Crippen LogP contribution in [0.2, 0.25) is 6.04 Å². The van der Waals surface area contributed by atoms with Gasteiger partial charge in [0.05, 0.1) is 0 Å². The zero-order valence-electron chi connectivity index (χ0n) is 10.2. The van der Waals surface area contributed by atoms with Gasteiger partial charge in [-0.2, -0.15) is 0 Å². The van der Waals surface area contributed by atoms with Gasteiger partial charge in [-0.1, -0.05) is 62.7 Å². The van der Waals surface area contributed by atoms with Crippen LogP contribution in [0.5, 0.6) is 0 Å². The Bertz CT molecular complexity index is 296. The molecule has 0 radical (unpaired) electrons. The van der Waals surface area contributed by atoms with E-state index in [1.165, 1.54) is 40.3 Å². The van der Waals surface area contributed by atoms with Crippen LogP contribution >= 0.6 is 0 Å². The summed E-state index contributed by atoms with van der Waals surface area (Å²) in [4.78, 5) is 0. The largest absolute Gasteiger partial charge is 0.0814 e. The van der Waals surface area contributed by atoms with Crippen LogP contribution in [-0.4, -0.2) is 10.2 Å². The summed E-state index contributed by atoms with van der Waals surface area (Å²) >= 11 is 0. The van der Waals surface area contributed by atoms with Gasteiger partial charge >= 0.3 is 0 Å². The van der Waals surface area contributed by atoms with Crippen molar-refractivity contribution in [2.45, 2.75) is 32.7 Å². The van der Waals surface area contributed by atoms with Crippen molar-refractivity contribution in [2.75, 3.05) is 0 Å². The summed E-state index contributed by atoms with van der Waals surface area (Å²) in [6, 6.07) is 10.4. The second-order valence-corrected chi connectivity index (χ2v) is 5.45. The van der Waals surface area contributed by atoms with E-state index in [0.717, 1.165) is 0 Å². The first-order valence-electron chi connectivity index (χ1n) is 5.99. The first-order chi connectivity index (χ1) is 7.22. The summed E-state index contributed by atoms with van der Waals surface area (Å²) < 4.78 is 0. The molecule has 0 saturated heterocycles. The molecule has 1 aromatic carbocycles. The molecular formula is C14H22Si. The van der Waals surface area contributed by atoms with E-state index in [-0.39, 0.29) is 0 Å². The van der Waals surface area contributed by atoms with Crippen molar-refractivity contribution in [2.24, 2.45) is 5.92 Å². The average Bonchev–Trinajstić information content (AvgIpc) is 2.25. The Morgan fingerprint density at radius 2 is 1.87 bits per heavy atom. The fraction of sp³-hybridized carbons (Fsp3) is 0.429. The molecule has 0 fully saturated rings. The van der Waals surface area contributed by atoms with E-state index in [2.05, 4.69) is 50.3 Å². The number of allylic oxidation sites excluding steroid dienone is 1. The highest BCUT2D eigenvalue weighted by Crippen LogP contribution is 2.10. The summed E-state index contributed by atoms with van der Waals surface area (Å²) in [5.74, 6) is 0.634. The lowest BCUT2D eigenvalue weighted by Crippen LogP contribution is -1.85. The minimum absolute atomic E-state index is 0.634. The number of aryl methyl sites for hydroxylation is 1. The van der Waals surface area contributed by atoms with Gasteiger partial charge in [-0.25, -0.2) is 0 Å². The van der Waals surface area contributed by atoms with Gasteiger partial charge in [0.1, 0.15) is 0 Å². The van der Waals surface area contributed by atoms with Gasteiger partial charge in [0.15, 0.2) is 0 Å². The number of rotatable bonds is 5. The summed E-state index contributed by atoms with van der Waals surface area (Å²) in [7, 11) is 1.34. The molecule has 0 heterocycles. The monoisotopic (exact) mass is 218 g/mol. The van der Waals surface area contributed by atoms with Crippen molar-refractivity contribution in [1.29, 1.82) is 0 Å². The summed E-state index contributed by atoms with van der Waals surface area (Å²) in [5.41, 5.74) is 2.80. The fourth-order valence-electron chi connectivity index (χ4n) is 1.48. The molecule has 0 saturated carbocycles. The van der Waals surface area contributed by atoms with Crippen molar-refractivity contribution in [1.82, 2.24) is 0 Å². The molecule has 15 heavy (non-hydrogen) atoms. The number of hydrogen-bond donors (Lipinski definition) is 0. The zero-order valence-corrected chi connectivity index (χ0v) is 12.2. The van der Waals surface area contributed by atoms with Gasteiger partial charge in [-0.05, 0) is 23.5 Å². The van der Waals surface area contributed by atoms with Crippen LogP contribution in [0, 0.1) is 5.92 Å². The molecule has 1 heteroatoms. The Balaban J connectivity index is 2.56. The third-order valence-corrected chi connectivity index (χ3v) is 3.18. The predicted octanol–water partition coefficient (Wildman–Crippen LogP) is 3.07. The SMILES string of the molecule is CC(C)/C=C/c1ccc(CCC[SiH3])cc1. The van der Waals surface area contributed by atoms with E-state index in [9.17, 15) is 0 Å². The Labute approximate surface area is 96.8 Å². The summed E-state index contributed by atoms with van der Waals surface area (Å²) in [6.45, 7) is 4.41. The normalized spacial score (nSPS) is 11.7. The third kappa shape index (κ3) is 4.98. The van der Waals surface area contributed by atoms with E-state index in [4.69, 9.17) is 0 Å². The Morgan fingerprint density at radius 3 is 2.40 bits per heavy atom. The van der Waals surface area contributed by atoms with Gasteiger partial charge < -0.3 is 0 Å². The van der Waals surface area contributed by atoms with E-state index in [0.29, 0.717) is 5.92 Å². The highest BCUT2D eigenvalue weighted by atomic mass is 28.1. The molecule has 0 nitrogen and oxygen atoms in total. The van der Waals surface area contributed by atoms with Crippen molar-refractivity contribution >= 4 is 16.3 Å². The van der Waals surface area contributed by atoms with E-state index in [1.807, 2.05) is 0 Å². The molecule has 0 aromatic heterocycles. The molecule has 1 aromatic rings. The van der Waals surface area contributed by atoms with Crippen molar-refractivity contribution in [3.8, 4) is 0 Å². The van der Waals surface area contributed by atoms with Crippen LogP contribution in [0.25, 0.3) is 6.08 Å². The Morgan fingerprint density at radius 1 is 1.20 bits per heavy atom. The highest BCUT2D eigenvalue weighted by molar-refractivity contribution is 6.08. The lowest BCUT2D eigenvalue weighted by molar-refractivity contribution is 0.836. The molecule has 0 unspecified atom stereocenters. The second-order valence-electron chi connectivity index (χ2n) is 4.45.